The fraction of sp³-hybridized carbons (Fsp3) is 0.714. The first-order valence-corrected chi connectivity index (χ1v) is 18.5. The zero-order valence-electron chi connectivity index (χ0n) is 29.9. The fourth-order valence-electron chi connectivity index (χ4n) is 4.57. The Morgan fingerprint density at radius 2 is 1.48 bits per heavy atom. The molecule has 252 valence electrons. The van der Waals surface area contributed by atoms with E-state index in [0.717, 1.165) is 11.3 Å². The third-order valence-electron chi connectivity index (χ3n) is 8.71. The summed E-state index contributed by atoms with van der Waals surface area (Å²) in [4.78, 5) is 27.3. The number of hydrogen-bond donors (Lipinski definition) is 1. The van der Waals surface area contributed by atoms with Crippen molar-refractivity contribution in [2.75, 3.05) is 14.2 Å². The van der Waals surface area contributed by atoms with E-state index in [9.17, 15) is 14.7 Å². The molecule has 1 N–H and O–H groups in total. The van der Waals surface area contributed by atoms with Crippen LogP contribution in [0.15, 0.2) is 35.9 Å². The molecular weight excluding hydrogens is 576 g/mol. The third kappa shape index (κ3) is 11.7. The zero-order chi connectivity index (χ0) is 34.2. The first kappa shape index (κ1) is 40.0. The van der Waals surface area contributed by atoms with Gasteiger partial charge in [-0.2, -0.15) is 0 Å². The topological polar surface area (TPSA) is 101 Å². The van der Waals surface area contributed by atoms with Crippen molar-refractivity contribution in [2.45, 2.75) is 131 Å². The number of methoxy groups -OCH3 is 2. The van der Waals surface area contributed by atoms with Crippen LogP contribution in [0.5, 0.6) is 5.75 Å². The largest absolute Gasteiger partial charge is 0.497 e. The number of aliphatic hydroxyl groups is 1. The van der Waals surface area contributed by atoms with Gasteiger partial charge in [-0.05, 0) is 76.0 Å². The van der Waals surface area contributed by atoms with Crippen LogP contribution in [0.1, 0.15) is 81.7 Å². The van der Waals surface area contributed by atoms with Crippen LogP contribution < -0.4 is 4.74 Å². The highest BCUT2D eigenvalue weighted by molar-refractivity contribution is 6.74. The van der Waals surface area contributed by atoms with Crippen molar-refractivity contribution in [2.24, 2.45) is 17.8 Å². The first-order chi connectivity index (χ1) is 20.1. The van der Waals surface area contributed by atoms with Gasteiger partial charge in [0.15, 0.2) is 14.4 Å². The van der Waals surface area contributed by atoms with Gasteiger partial charge in [0.1, 0.15) is 23.2 Å². The number of carbonyl (C=O) groups is 2. The summed E-state index contributed by atoms with van der Waals surface area (Å²) in [6, 6.07) is 7.73. The molecule has 8 nitrogen and oxygen atoms in total. The number of benzene rings is 1. The van der Waals surface area contributed by atoms with E-state index in [4.69, 9.17) is 23.4 Å². The Hall–Kier alpha value is -2.04. The maximum Gasteiger partial charge on any atom is 0.337 e. The summed E-state index contributed by atoms with van der Waals surface area (Å²) in [6.07, 6.45) is -1.17. The van der Waals surface area contributed by atoms with Gasteiger partial charge in [0.05, 0.1) is 25.9 Å². The molecule has 1 aromatic rings. The Bertz CT molecular complexity index is 1080. The number of hydrogen-bond acceptors (Lipinski definition) is 8. The SMILES string of the molecule is COc1ccc(COC(C)[C@@H](C)/C=C(\C)[C@H](O)[C@@H](C)C(=O)[C@@H](C)[C@H](OC)[C@@H](O[Si](C)(C)C(C)(C)C)C(=O)OC(C)(C)C)cc1. The Morgan fingerprint density at radius 3 is 1.93 bits per heavy atom. The van der Waals surface area contributed by atoms with Crippen molar-refractivity contribution < 1.29 is 38.1 Å². The third-order valence-corrected chi connectivity index (χ3v) is 13.2. The lowest BCUT2D eigenvalue weighted by atomic mass is 9.83. The average molecular weight is 637 g/mol. The highest BCUT2D eigenvalue weighted by atomic mass is 28.4. The summed E-state index contributed by atoms with van der Waals surface area (Å²) in [5.41, 5.74) is 0.976. The monoisotopic (exact) mass is 636 g/mol. The molecule has 0 spiro atoms. The molecule has 0 saturated heterocycles. The number of ether oxygens (including phenoxy) is 4. The van der Waals surface area contributed by atoms with Crippen molar-refractivity contribution >= 4 is 20.1 Å². The number of ketones is 1. The summed E-state index contributed by atoms with van der Waals surface area (Å²) in [7, 11) is 0.645. The molecule has 0 aliphatic heterocycles. The lowest BCUT2D eigenvalue weighted by Crippen LogP contribution is -2.54. The van der Waals surface area contributed by atoms with Gasteiger partial charge in [-0.15, -0.1) is 0 Å². The normalized spacial score (nSPS) is 18.0. The van der Waals surface area contributed by atoms with Gasteiger partial charge in [-0.25, -0.2) is 4.79 Å². The molecule has 1 aromatic carbocycles. The van der Waals surface area contributed by atoms with Crippen molar-refractivity contribution in [3.8, 4) is 5.75 Å². The molecule has 1 unspecified atom stereocenters. The molecule has 0 amide bonds. The molecule has 0 bridgehead atoms. The van der Waals surface area contributed by atoms with Gasteiger partial charge in [0.25, 0.3) is 0 Å². The first-order valence-electron chi connectivity index (χ1n) is 15.6. The molecule has 0 aliphatic rings. The van der Waals surface area contributed by atoms with E-state index >= 15 is 0 Å². The second-order valence-corrected chi connectivity index (χ2v) is 19.3. The van der Waals surface area contributed by atoms with Crippen LogP contribution in [-0.2, 0) is 34.8 Å². The van der Waals surface area contributed by atoms with Crippen molar-refractivity contribution in [1.82, 2.24) is 0 Å². The standard InChI is InChI=1S/C35H60O8Si/c1-22(26(5)41-21-27-16-18-28(39-12)19-17-27)20-23(2)29(36)24(3)30(37)25(4)31(40-13)32(33(38)42-34(6,7)8)43-44(14,15)35(9,10)11/h16-20,22,24-26,29,31-32,36H,21H2,1-15H3/b23-20+/t22-,24+,25+,26?,29-,31-,32+/m0/s1. The number of carbonyl (C=O) groups excluding carboxylic acids is 2. The van der Waals surface area contributed by atoms with Gasteiger partial charge in [-0.1, -0.05) is 59.8 Å². The van der Waals surface area contributed by atoms with Crippen LogP contribution in [0.4, 0.5) is 0 Å². The smallest absolute Gasteiger partial charge is 0.337 e. The zero-order valence-corrected chi connectivity index (χ0v) is 30.9. The van der Waals surface area contributed by atoms with E-state index in [1.54, 1.807) is 41.7 Å². The predicted octanol–water partition coefficient (Wildman–Crippen LogP) is 7.13. The van der Waals surface area contributed by atoms with E-state index < -0.39 is 50.0 Å². The van der Waals surface area contributed by atoms with Crippen molar-refractivity contribution in [1.29, 1.82) is 0 Å². The van der Waals surface area contributed by atoms with Gasteiger partial charge in [0.2, 0.25) is 0 Å². The molecule has 1 rings (SSSR count). The molecule has 0 radical (unpaired) electrons. The highest BCUT2D eigenvalue weighted by Crippen LogP contribution is 2.39. The summed E-state index contributed by atoms with van der Waals surface area (Å²) in [6.45, 7) is 25.5. The Kier molecular flexibility index (Phi) is 15.0. The van der Waals surface area contributed by atoms with Crippen molar-refractivity contribution in [3.05, 3.63) is 41.5 Å². The van der Waals surface area contributed by atoms with E-state index in [-0.39, 0.29) is 22.8 Å². The minimum absolute atomic E-state index is 0.0103. The Morgan fingerprint density at radius 1 is 0.932 bits per heavy atom. The molecular formula is C35H60O8Si. The molecule has 0 fully saturated rings. The van der Waals surface area contributed by atoms with Crippen LogP contribution >= 0.6 is 0 Å². The Balaban J connectivity index is 3.09. The second-order valence-electron chi connectivity index (χ2n) is 14.6. The summed E-state index contributed by atoms with van der Waals surface area (Å²) < 4.78 is 29.4. The molecule has 7 atom stereocenters. The highest BCUT2D eigenvalue weighted by Gasteiger charge is 2.47. The molecule has 0 saturated carbocycles. The van der Waals surface area contributed by atoms with E-state index in [2.05, 4.69) is 20.8 Å². The van der Waals surface area contributed by atoms with Crippen LogP contribution in [-0.4, -0.2) is 69.4 Å². The lowest BCUT2D eigenvalue weighted by molar-refractivity contribution is -0.174. The molecule has 9 heteroatoms. The number of esters is 1. The van der Waals surface area contributed by atoms with Gasteiger partial charge in [-0.3, -0.25) is 4.79 Å². The van der Waals surface area contributed by atoms with Gasteiger partial charge < -0.3 is 28.5 Å². The van der Waals surface area contributed by atoms with Crippen LogP contribution in [0.3, 0.4) is 0 Å². The average Bonchev–Trinajstić information content (AvgIpc) is 2.92. The number of rotatable bonds is 16. The van der Waals surface area contributed by atoms with E-state index in [1.807, 2.05) is 64.2 Å². The predicted molar refractivity (Wildman–Crippen MR) is 178 cm³/mol. The quantitative estimate of drug-likeness (QED) is 0.116. The maximum atomic E-state index is 13.8. The maximum absolute atomic E-state index is 13.8. The minimum atomic E-state index is -2.46. The van der Waals surface area contributed by atoms with Crippen molar-refractivity contribution in [3.63, 3.8) is 0 Å². The van der Waals surface area contributed by atoms with Gasteiger partial charge in [0, 0.05) is 24.9 Å². The minimum Gasteiger partial charge on any atom is -0.497 e. The fourth-order valence-corrected chi connectivity index (χ4v) is 5.79. The van der Waals surface area contributed by atoms with E-state index in [0.29, 0.717) is 12.2 Å². The molecule has 0 aromatic heterocycles. The van der Waals surface area contributed by atoms with Crippen LogP contribution in [0.2, 0.25) is 18.1 Å². The second kappa shape index (κ2) is 16.5. The lowest BCUT2D eigenvalue weighted by Gasteiger charge is -2.41. The summed E-state index contributed by atoms with van der Waals surface area (Å²) >= 11 is 0. The summed E-state index contributed by atoms with van der Waals surface area (Å²) in [5.74, 6) is -1.49. The summed E-state index contributed by atoms with van der Waals surface area (Å²) in [5, 5.41) is 11.1. The Labute approximate surface area is 268 Å². The molecule has 44 heavy (non-hydrogen) atoms. The van der Waals surface area contributed by atoms with Crippen LogP contribution in [0, 0.1) is 17.8 Å². The number of aliphatic hydroxyl groups excluding tert-OH is 1. The van der Waals surface area contributed by atoms with E-state index in [1.165, 1.54) is 7.11 Å². The molecule has 0 aliphatic carbocycles. The van der Waals surface area contributed by atoms with Crippen LogP contribution in [0.25, 0.3) is 0 Å². The number of Topliss-reactive ketones (excluding diaryl/α,β-unsaturated/α-hetero) is 1. The molecule has 0 heterocycles. The van der Waals surface area contributed by atoms with Gasteiger partial charge >= 0.3 is 5.97 Å².